The summed E-state index contributed by atoms with van der Waals surface area (Å²) in [4.78, 5) is 5.32. The van der Waals surface area contributed by atoms with Crippen molar-refractivity contribution in [1.29, 1.82) is 0 Å². The molecule has 3 heteroatoms. The fourth-order valence-corrected chi connectivity index (χ4v) is 2.87. The van der Waals surface area contributed by atoms with Gasteiger partial charge in [0.2, 0.25) is 0 Å². The van der Waals surface area contributed by atoms with Crippen LogP contribution in [0.3, 0.4) is 0 Å². The van der Waals surface area contributed by atoms with Gasteiger partial charge in [0.15, 0.2) is 0 Å². The predicted octanol–water partition coefficient (Wildman–Crippen LogP) is 1.01. The zero-order chi connectivity index (χ0) is 11.6. The van der Waals surface area contributed by atoms with E-state index in [1.165, 1.54) is 45.6 Å². The van der Waals surface area contributed by atoms with Crippen molar-refractivity contribution in [2.75, 3.05) is 46.3 Å². The van der Waals surface area contributed by atoms with Crippen LogP contribution in [0, 0.1) is 5.41 Å². The van der Waals surface area contributed by atoms with Crippen molar-refractivity contribution in [1.82, 2.24) is 15.1 Å². The predicted molar refractivity (Wildman–Crippen MR) is 68.7 cm³/mol. The van der Waals surface area contributed by atoms with Crippen LogP contribution in [0.4, 0.5) is 0 Å². The maximum absolute atomic E-state index is 3.30. The van der Waals surface area contributed by atoms with E-state index in [4.69, 9.17) is 0 Å². The molecule has 2 rings (SSSR count). The van der Waals surface area contributed by atoms with E-state index in [-0.39, 0.29) is 0 Å². The Morgan fingerprint density at radius 3 is 2.25 bits per heavy atom. The summed E-state index contributed by atoms with van der Waals surface area (Å²) >= 11 is 0. The third-order valence-corrected chi connectivity index (χ3v) is 3.78. The lowest BCUT2D eigenvalue weighted by Gasteiger charge is -2.39. The normalized spacial score (nSPS) is 24.9. The average molecular weight is 225 g/mol. The summed E-state index contributed by atoms with van der Waals surface area (Å²) in [6, 6.07) is 0.951. The molecule has 2 fully saturated rings. The van der Waals surface area contributed by atoms with Gasteiger partial charge in [-0.1, -0.05) is 13.8 Å². The van der Waals surface area contributed by atoms with Crippen LogP contribution in [0.1, 0.15) is 26.7 Å². The molecule has 2 aliphatic rings. The summed E-state index contributed by atoms with van der Waals surface area (Å²) in [5.74, 6) is 0. The van der Waals surface area contributed by atoms with E-state index in [0.717, 1.165) is 12.6 Å². The van der Waals surface area contributed by atoms with Crippen LogP contribution >= 0.6 is 0 Å². The van der Waals surface area contributed by atoms with Crippen molar-refractivity contribution < 1.29 is 0 Å². The molecule has 0 radical (unpaired) electrons. The van der Waals surface area contributed by atoms with Gasteiger partial charge in [-0.2, -0.15) is 0 Å². The van der Waals surface area contributed by atoms with Gasteiger partial charge in [-0.15, -0.1) is 0 Å². The fraction of sp³-hybridized carbons (Fsp3) is 1.00. The number of nitrogens with zero attached hydrogens (tertiary/aromatic N) is 2. The van der Waals surface area contributed by atoms with Gasteiger partial charge in [-0.3, -0.25) is 4.90 Å². The molecule has 0 spiro atoms. The standard InChI is InChI=1S/C13H27N3/c1-13(2,10-14-3)11-15-6-8-16(9-7-15)12-4-5-12/h12,14H,4-11H2,1-3H3. The average Bonchev–Trinajstić information content (AvgIpc) is 3.01. The Morgan fingerprint density at radius 2 is 1.75 bits per heavy atom. The highest BCUT2D eigenvalue weighted by Gasteiger charge is 2.32. The number of hydrogen-bond donors (Lipinski definition) is 1. The molecule has 16 heavy (non-hydrogen) atoms. The monoisotopic (exact) mass is 225 g/mol. The van der Waals surface area contributed by atoms with Gasteiger partial charge >= 0.3 is 0 Å². The topological polar surface area (TPSA) is 18.5 Å². The zero-order valence-corrected chi connectivity index (χ0v) is 11.1. The minimum Gasteiger partial charge on any atom is -0.319 e. The van der Waals surface area contributed by atoms with Crippen LogP contribution in [0.25, 0.3) is 0 Å². The minimum atomic E-state index is 0.399. The molecule has 1 saturated carbocycles. The molecule has 1 saturated heterocycles. The Labute approximate surface area is 100 Å². The van der Waals surface area contributed by atoms with Gasteiger partial charge in [0.1, 0.15) is 0 Å². The molecule has 1 N–H and O–H groups in total. The van der Waals surface area contributed by atoms with Crippen molar-refractivity contribution in [3.8, 4) is 0 Å². The Kier molecular flexibility index (Phi) is 3.88. The number of hydrogen-bond acceptors (Lipinski definition) is 3. The quantitative estimate of drug-likeness (QED) is 0.753. The molecule has 0 aromatic heterocycles. The fourth-order valence-electron chi connectivity index (χ4n) is 2.87. The molecule has 0 aromatic rings. The van der Waals surface area contributed by atoms with Crippen LogP contribution in [0.15, 0.2) is 0 Å². The zero-order valence-electron chi connectivity index (χ0n) is 11.1. The second-order valence-corrected chi connectivity index (χ2v) is 6.24. The van der Waals surface area contributed by atoms with Crippen molar-refractivity contribution in [3.63, 3.8) is 0 Å². The van der Waals surface area contributed by atoms with E-state index in [1.807, 2.05) is 7.05 Å². The highest BCUT2D eigenvalue weighted by atomic mass is 15.3. The summed E-state index contributed by atoms with van der Waals surface area (Å²) in [7, 11) is 2.05. The van der Waals surface area contributed by atoms with Crippen molar-refractivity contribution in [2.45, 2.75) is 32.7 Å². The molecule has 0 bridgehead atoms. The van der Waals surface area contributed by atoms with Crippen molar-refractivity contribution >= 4 is 0 Å². The Bertz CT molecular complexity index is 215. The van der Waals surface area contributed by atoms with Crippen LogP contribution in [0.2, 0.25) is 0 Å². The summed E-state index contributed by atoms with van der Waals surface area (Å²) < 4.78 is 0. The lowest BCUT2D eigenvalue weighted by molar-refractivity contribution is 0.0930. The first-order valence-electron chi connectivity index (χ1n) is 6.72. The van der Waals surface area contributed by atoms with E-state index in [1.54, 1.807) is 0 Å². The van der Waals surface area contributed by atoms with Crippen LogP contribution in [0.5, 0.6) is 0 Å². The van der Waals surface area contributed by atoms with E-state index in [9.17, 15) is 0 Å². The number of piperazine rings is 1. The van der Waals surface area contributed by atoms with Gasteiger partial charge < -0.3 is 10.2 Å². The van der Waals surface area contributed by atoms with Crippen LogP contribution < -0.4 is 5.32 Å². The van der Waals surface area contributed by atoms with Gasteiger partial charge in [-0.05, 0) is 25.3 Å². The smallest absolute Gasteiger partial charge is 0.0113 e. The first-order valence-corrected chi connectivity index (χ1v) is 6.72. The van der Waals surface area contributed by atoms with E-state index >= 15 is 0 Å². The molecule has 1 heterocycles. The van der Waals surface area contributed by atoms with Gasteiger partial charge in [-0.25, -0.2) is 0 Å². The molecule has 0 unspecified atom stereocenters. The summed E-state index contributed by atoms with van der Waals surface area (Å²) in [5, 5.41) is 3.30. The summed E-state index contributed by atoms with van der Waals surface area (Å²) in [5.41, 5.74) is 0.399. The molecule has 94 valence electrons. The lowest BCUT2D eigenvalue weighted by Crippen LogP contribution is -2.50. The SMILES string of the molecule is CNCC(C)(C)CN1CCN(C2CC2)CC1. The Hall–Kier alpha value is -0.120. The molecule has 0 aromatic carbocycles. The first kappa shape index (κ1) is 12.3. The maximum Gasteiger partial charge on any atom is 0.0113 e. The lowest BCUT2D eigenvalue weighted by atomic mass is 9.92. The molecule has 1 aliphatic heterocycles. The van der Waals surface area contributed by atoms with E-state index in [0.29, 0.717) is 5.41 Å². The van der Waals surface area contributed by atoms with E-state index in [2.05, 4.69) is 29.0 Å². The first-order chi connectivity index (χ1) is 7.61. The number of nitrogens with one attached hydrogen (secondary N) is 1. The van der Waals surface area contributed by atoms with Gasteiger partial charge in [0.05, 0.1) is 0 Å². The van der Waals surface area contributed by atoms with Gasteiger partial charge in [0.25, 0.3) is 0 Å². The van der Waals surface area contributed by atoms with Gasteiger partial charge in [0, 0.05) is 45.3 Å². The Balaban J connectivity index is 1.71. The molecule has 0 atom stereocenters. The second kappa shape index (κ2) is 5.03. The van der Waals surface area contributed by atoms with Crippen LogP contribution in [-0.2, 0) is 0 Å². The van der Waals surface area contributed by atoms with Crippen molar-refractivity contribution in [3.05, 3.63) is 0 Å². The largest absolute Gasteiger partial charge is 0.319 e. The highest BCUT2D eigenvalue weighted by molar-refractivity contribution is 4.88. The van der Waals surface area contributed by atoms with Crippen molar-refractivity contribution in [2.24, 2.45) is 5.41 Å². The minimum absolute atomic E-state index is 0.399. The maximum atomic E-state index is 3.30. The molecular weight excluding hydrogens is 198 g/mol. The molecule has 0 amide bonds. The highest BCUT2D eigenvalue weighted by Crippen LogP contribution is 2.28. The summed E-state index contributed by atoms with van der Waals surface area (Å²) in [6.07, 6.45) is 2.90. The third-order valence-electron chi connectivity index (χ3n) is 3.78. The molecule has 3 nitrogen and oxygen atoms in total. The third kappa shape index (κ3) is 3.44. The summed E-state index contributed by atoms with van der Waals surface area (Å²) in [6.45, 7) is 12.2. The molecule has 1 aliphatic carbocycles. The molecular formula is C13H27N3. The number of rotatable bonds is 5. The van der Waals surface area contributed by atoms with E-state index < -0.39 is 0 Å². The Morgan fingerprint density at radius 1 is 1.12 bits per heavy atom. The van der Waals surface area contributed by atoms with Crippen LogP contribution in [-0.4, -0.2) is 62.2 Å². The second-order valence-electron chi connectivity index (χ2n) is 6.24.